The molecule has 0 fully saturated rings. The summed E-state index contributed by atoms with van der Waals surface area (Å²) in [6, 6.07) is 11.8. The van der Waals surface area contributed by atoms with E-state index in [4.69, 9.17) is 5.73 Å². The lowest BCUT2D eigenvalue weighted by molar-refractivity contribution is 0.404. The van der Waals surface area contributed by atoms with Gasteiger partial charge in [-0.2, -0.15) is 0 Å². The second kappa shape index (κ2) is 6.03. The van der Waals surface area contributed by atoms with Gasteiger partial charge in [0.05, 0.1) is 11.4 Å². The molecule has 0 saturated carbocycles. The molecule has 0 aliphatic rings. The van der Waals surface area contributed by atoms with E-state index in [9.17, 15) is 20.4 Å². The molecular formula is C19H14N4O4. The third-order valence-electron chi connectivity index (χ3n) is 4.05. The summed E-state index contributed by atoms with van der Waals surface area (Å²) >= 11 is 0. The van der Waals surface area contributed by atoms with E-state index in [1.54, 1.807) is 24.3 Å². The van der Waals surface area contributed by atoms with Crippen LogP contribution in [0.25, 0.3) is 33.7 Å². The zero-order valence-electron chi connectivity index (χ0n) is 13.8. The zero-order chi connectivity index (χ0) is 19.1. The van der Waals surface area contributed by atoms with Gasteiger partial charge in [-0.05, 0) is 48.5 Å². The summed E-state index contributed by atoms with van der Waals surface area (Å²) in [5.41, 5.74) is 8.26. The Morgan fingerprint density at radius 2 is 1.15 bits per heavy atom. The van der Waals surface area contributed by atoms with Crippen LogP contribution in [0.5, 0.6) is 23.0 Å². The molecule has 27 heavy (non-hydrogen) atoms. The Kier molecular flexibility index (Phi) is 3.66. The van der Waals surface area contributed by atoms with Crippen LogP contribution in [0.4, 0.5) is 5.82 Å². The van der Waals surface area contributed by atoms with E-state index in [1.807, 2.05) is 0 Å². The van der Waals surface area contributed by atoms with E-state index in [0.29, 0.717) is 33.7 Å². The van der Waals surface area contributed by atoms with Crippen LogP contribution in [0.2, 0.25) is 0 Å². The number of rotatable bonds is 2. The van der Waals surface area contributed by atoms with Gasteiger partial charge in [-0.15, -0.1) is 0 Å². The second-order valence-electron chi connectivity index (χ2n) is 5.91. The first kappa shape index (κ1) is 16.4. The molecule has 0 unspecified atom stereocenters. The minimum atomic E-state index is -0.311. The predicted octanol–water partition coefficient (Wildman–Crippen LogP) is 2.76. The molecule has 6 N–H and O–H groups in total. The van der Waals surface area contributed by atoms with Crippen molar-refractivity contribution < 1.29 is 20.4 Å². The van der Waals surface area contributed by atoms with Gasteiger partial charge in [-0.25, -0.2) is 15.0 Å². The van der Waals surface area contributed by atoms with E-state index in [2.05, 4.69) is 15.0 Å². The molecule has 0 aliphatic carbocycles. The largest absolute Gasteiger partial charge is 0.504 e. The fraction of sp³-hybridized carbons (Fsp3) is 0. The molecule has 134 valence electrons. The van der Waals surface area contributed by atoms with Gasteiger partial charge in [0.25, 0.3) is 0 Å². The Labute approximate surface area is 152 Å². The summed E-state index contributed by atoms with van der Waals surface area (Å²) in [6.07, 6.45) is 0. The number of phenolic OH excluding ortho intramolecular Hbond substituents is 4. The molecule has 0 saturated heterocycles. The normalized spacial score (nSPS) is 11.0. The number of nitrogen functional groups attached to an aromatic ring is 1. The average Bonchev–Trinajstić information content (AvgIpc) is 2.65. The van der Waals surface area contributed by atoms with Crippen molar-refractivity contribution in [3.63, 3.8) is 0 Å². The van der Waals surface area contributed by atoms with Crippen LogP contribution in [0, 0.1) is 0 Å². The summed E-state index contributed by atoms with van der Waals surface area (Å²) in [4.78, 5) is 13.3. The van der Waals surface area contributed by atoms with Crippen molar-refractivity contribution in [1.82, 2.24) is 15.0 Å². The quantitative estimate of drug-likeness (QED) is 0.342. The number of anilines is 1. The van der Waals surface area contributed by atoms with E-state index in [1.165, 1.54) is 24.3 Å². The fourth-order valence-corrected chi connectivity index (χ4v) is 2.70. The van der Waals surface area contributed by atoms with E-state index in [0.717, 1.165) is 0 Å². The number of nitrogens with zero attached hydrogens (tertiary/aromatic N) is 3. The Morgan fingerprint density at radius 1 is 0.593 bits per heavy atom. The highest BCUT2D eigenvalue weighted by molar-refractivity contribution is 5.86. The molecule has 2 aromatic heterocycles. The van der Waals surface area contributed by atoms with Crippen LogP contribution in [0.15, 0.2) is 48.5 Å². The molecule has 8 nitrogen and oxygen atoms in total. The van der Waals surface area contributed by atoms with Crippen LogP contribution >= 0.6 is 0 Å². The summed E-state index contributed by atoms with van der Waals surface area (Å²) in [6.45, 7) is 0. The molecule has 8 heteroatoms. The standard InChI is InChI=1S/C19H14N4O4/c20-16-6-3-11-19(22-16)23-18(10-2-5-13(25)15(27)8-10)17(21-11)9-1-4-12(24)14(26)7-9/h1-8,24-27H,(H2,20,22,23). The molecule has 0 radical (unpaired) electrons. The average molecular weight is 362 g/mol. The molecule has 0 spiro atoms. The number of fused-ring (bicyclic) bond motifs is 1. The van der Waals surface area contributed by atoms with Crippen molar-refractivity contribution in [2.75, 3.05) is 5.73 Å². The summed E-state index contributed by atoms with van der Waals surface area (Å²) in [7, 11) is 0. The number of pyridine rings is 1. The predicted molar refractivity (Wildman–Crippen MR) is 99.3 cm³/mol. The summed E-state index contributed by atoms with van der Waals surface area (Å²) in [5.74, 6) is -0.852. The Hall–Kier alpha value is -4.07. The topological polar surface area (TPSA) is 146 Å². The summed E-state index contributed by atoms with van der Waals surface area (Å²) < 4.78 is 0. The molecule has 2 heterocycles. The lowest BCUT2D eigenvalue weighted by Gasteiger charge is -2.11. The third kappa shape index (κ3) is 2.89. The van der Waals surface area contributed by atoms with Crippen molar-refractivity contribution in [3.05, 3.63) is 48.5 Å². The highest BCUT2D eigenvalue weighted by atomic mass is 16.3. The highest BCUT2D eigenvalue weighted by Gasteiger charge is 2.16. The zero-order valence-corrected chi connectivity index (χ0v) is 13.8. The molecule has 4 rings (SSSR count). The second-order valence-corrected chi connectivity index (χ2v) is 5.91. The van der Waals surface area contributed by atoms with Gasteiger partial charge in [0.2, 0.25) is 0 Å². The van der Waals surface area contributed by atoms with Gasteiger partial charge in [0.1, 0.15) is 11.3 Å². The van der Waals surface area contributed by atoms with Crippen molar-refractivity contribution in [2.45, 2.75) is 0 Å². The maximum absolute atomic E-state index is 9.85. The molecule has 0 amide bonds. The van der Waals surface area contributed by atoms with Gasteiger partial charge in [0.15, 0.2) is 28.6 Å². The maximum Gasteiger partial charge on any atom is 0.180 e. The van der Waals surface area contributed by atoms with Gasteiger partial charge in [-0.1, -0.05) is 0 Å². The van der Waals surface area contributed by atoms with Gasteiger partial charge in [0, 0.05) is 11.1 Å². The Morgan fingerprint density at radius 3 is 1.70 bits per heavy atom. The number of nitrogens with two attached hydrogens (primary N) is 1. The lowest BCUT2D eigenvalue weighted by Crippen LogP contribution is -1.99. The molecule has 0 bridgehead atoms. The van der Waals surface area contributed by atoms with Crippen molar-refractivity contribution in [2.24, 2.45) is 0 Å². The van der Waals surface area contributed by atoms with E-state index in [-0.39, 0.29) is 28.8 Å². The maximum atomic E-state index is 9.85. The number of benzene rings is 2. The third-order valence-corrected chi connectivity index (χ3v) is 4.05. The first-order chi connectivity index (χ1) is 12.9. The molecular weight excluding hydrogens is 348 g/mol. The van der Waals surface area contributed by atoms with Crippen LogP contribution < -0.4 is 5.73 Å². The molecule has 0 aliphatic heterocycles. The Balaban J connectivity index is 2.03. The Bertz CT molecular complexity index is 1190. The van der Waals surface area contributed by atoms with Crippen LogP contribution in [-0.4, -0.2) is 35.4 Å². The van der Waals surface area contributed by atoms with Crippen LogP contribution in [-0.2, 0) is 0 Å². The molecule has 4 aromatic rings. The number of hydrogen-bond donors (Lipinski definition) is 5. The SMILES string of the molecule is Nc1ccc2nc(-c3ccc(O)c(O)c3)c(-c3ccc(O)c(O)c3)nc2n1. The van der Waals surface area contributed by atoms with Gasteiger partial charge in [-0.3, -0.25) is 0 Å². The van der Waals surface area contributed by atoms with Crippen molar-refractivity contribution in [3.8, 4) is 45.5 Å². The number of aromatic nitrogens is 3. The van der Waals surface area contributed by atoms with Gasteiger partial charge >= 0.3 is 0 Å². The molecule has 2 aromatic carbocycles. The number of phenols is 4. The van der Waals surface area contributed by atoms with Gasteiger partial charge < -0.3 is 26.2 Å². The highest BCUT2D eigenvalue weighted by Crippen LogP contribution is 2.37. The fourth-order valence-electron chi connectivity index (χ4n) is 2.70. The first-order valence-electron chi connectivity index (χ1n) is 7.91. The number of aromatic hydroxyl groups is 4. The first-order valence-corrected chi connectivity index (χ1v) is 7.91. The van der Waals surface area contributed by atoms with Crippen LogP contribution in [0.3, 0.4) is 0 Å². The molecule has 0 atom stereocenters. The van der Waals surface area contributed by atoms with Crippen molar-refractivity contribution >= 4 is 17.0 Å². The van der Waals surface area contributed by atoms with E-state index < -0.39 is 0 Å². The summed E-state index contributed by atoms with van der Waals surface area (Å²) in [5, 5.41) is 38.9. The lowest BCUT2D eigenvalue weighted by atomic mass is 10.0. The van der Waals surface area contributed by atoms with E-state index >= 15 is 0 Å². The van der Waals surface area contributed by atoms with Crippen LogP contribution in [0.1, 0.15) is 0 Å². The smallest absolute Gasteiger partial charge is 0.180 e. The minimum absolute atomic E-state index is 0.259. The van der Waals surface area contributed by atoms with Crippen molar-refractivity contribution in [1.29, 1.82) is 0 Å². The monoisotopic (exact) mass is 362 g/mol. The minimum Gasteiger partial charge on any atom is -0.504 e. The number of hydrogen-bond acceptors (Lipinski definition) is 8.